The normalized spacial score (nSPS) is 20.9. The summed E-state index contributed by atoms with van der Waals surface area (Å²) in [6.45, 7) is 4.20. The van der Waals surface area contributed by atoms with Crippen molar-refractivity contribution >= 4 is 0 Å². The Morgan fingerprint density at radius 2 is 2.00 bits per heavy atom. The zero-order valence-corrected chi connectivity index (χ0v) is 10.2. The SMILES string of the molecule is CC(O)c1cccc(C2CCN(C)CC2)c1. The Bertz CT molecular complexity index is 340. The maximum absolute atomic E-state index is 9.58. The predicted octanol–water partition coefficient (Wildman–Crippen LogP) is 2.55. The lowest BCUT2D eigenvalue weighted by Crippen LogP contribution is -2.29. The van der Waals surface area contributed by atoms with E-state index >= 15 is 0 Å². The van der Waals surface area contributed by atoms with Gasteiger partial charge in [-0.05, 0) is 56.9 Å². The van der Waals surface area contributed by atoms with Crippen molar-refractivity contribution in [2.45, 2.75) is 31.8 Å². The van der Waals surface area contributed by atoms with Gasteiger partial charge in [0.05, 0.1) is 6.10 Å². The van der Waals surface area contributed by atoms with Crippen LogP contribution in [0.5, 0.6) is 0 Å². The standard InChI is InChI=1S/C14H21NO/c1-11(16)13-4-3-5-14(10-13)12-6-8-15(2)9-7-12/h3-5,10-12,16H,6-9H2,1-2H3. The van der Waals surface area contributed by atoms with Crippen LogP contribution >= 0.6 is 0 Å². The van der Waals surface area contributed by atoms with E-state index in [2.05, 4.69) is 30.1 Å². The highest BCUT2D eigenvalue weighted by molar-refractivity contribution is 5.28. The lowest BCUT2D eigenvalue weighted by atomic mass is 9.88. The fraction of sp³-hybridized carbons (Fsp3) is 0.571. The number of benzene rings is 1. The Labute approximate surface area is 97.9 Å². The number of hydrogen-bond donors (Lipinski definition) is 1. The van der Waals surface area contributed by atoms with Crippen LogP contribution in [0.2, 0.25) is 0 Å². The maximum Gasteiger partial charge on any atom is 0.0762 e. The third-order valence-electron chi connectivity index (χ3n) is 3.58. The molecule has 1 aliphatic heterocycles. The molecular formula is C14H21NO. The molecule has 0 saturated carbocycles. The summed E-state index contributed by atoms with van der Waals surface area (Å²) in [5.41, 5.74) is 2.43. The first-order valence-electron chi connectivity index (χ1n) is 6.13. The van der Waals surface area contributed by atoms with Gasteiger partial charge in [-0.15, -0.1) is 0 Å². The summed E-state index contributed by atoms with van der Waals surface area (Å²) in [6, 6.07) is 8.43. The molecular weight excluding hydrogens is 198 g/mol. The number of aliphatic hydroxyl groups is 1. The molecule has 0 bridgehead atoms. The summed E-state index contributed by atoms with van der Waals surface area (Å²) in [4.78, 5) is 2.38. The molecule has 16 heavy (non-hydrogen) atoms. The van der Waals surface area contributed by atoms with E-state index in [1.54, 1.807) is 0 Å². The fourth-order valence-electron chi connectivity index (χ4n) is 2.41. The van der Waals surface area contributed by atoms with E-state index in [0.29, 0.717) is 5.92 Å². The molecule has 1 unspecified atom stereocenters. The summed E-state index contributed by atoms with van der Waals surface area (Å²) >= 11 is 0. The molecule has 1 heterocycles. The van der Waals surface area contributed by atoms with Gasteiger partial charge in [0.25, 0.3) is 0 Å². The van der Waals surface area contributed by atoms with E-state index in [9.17, 15) is 5.11 Å². The van der Waals surface area contributed by atoms with Crippen molar-refractivity contribution in [3.05, 3.63) is 35.4 Å². The molecule has 2 nitrogen and oxygen atoms in total. The van der Waals surface area contributed by atoms with Crippen molar-refractivity contribution in [2.24, 2.45) is 0 Å². The highest BCUT2D eigenvalue weighted by Crippen LogP contribution is 2.28. The van der Waals surface area contributed by atoms with Crippen LogP contribution in [-0.4, -0.2) is 30.1 Å². The molecule has 0 aliphatic carbocycles. The van der Waals surface area contributed by atoms with E-state index in [1.807, 2.05) is 13.0 Å². The molecule has 1 N–H and O–H groups in total. The van der Waals surface area contributed by atoms with Gasteiger partial charge >= 0.3 is 0 Å². The van der Waals surface area contributed by atoms with Crippen molar-refractivity contribution in [2.75, 3.05) is 20.1 Å². The molecule has 0 radical (unpaired) electrons. The number of rotatable bonds is 2. The molecule has 1 saturated heterocycles. The van der Waals surface area contributed by atoms with Gasteiger partial charge in [0.1, 0.15) is 0 Å². The molecule has 1 atom stereocenters. The van der Waals surface area contributed by atoms with E-state index < -0.39 is 0 Å². The molecule has 0 aromatic heterocycles. The second-order valence-electron chi connectivity index (χ2n) is 4.92. The fourth-order valence-corrected chi connectivity index (χ4v) is 2.41. The summed E-state index contributed by atoms with van der Waals surface area (Å²) in [7, 11) is 2.18. The van der Waals surface area contributed by atoms with Gasteiger partial charge in [0.2, 0.25) is 0 Å². The minimum atomic E-state index is -0.355. The minimum absolute atomic E-state index is 0.355. The van der Waals surface area contributed by atoms with Gasteiger partial charge in [-0.3, -0.25) is 0 Å². The predicted molar refractivity (Wildman–Crippen MR) is 66.5 cm³/mol. The molecule has 1 aromatic rings. The largest absolute Gasteiger partial charge is 0.389 e. The first-order chi connectivity index (χ1) is 7.66. The van der Waals surface area contributed by atoms with Crippen molar-refractivity contribution in [3.8, 4) is 0 Å². The van der Waals surface area contributed by atoms with Gasteiger partial charge in [-0.25, -0.2) is 0 Å². The molecule has 1 fully saturated rings. The Kier molecular flexibility index (Phi) is 3.62. The number of likely N-dealkylation sites (tertiary alicyclic amines) is 1. The molecule has 1 aromatic carbocycles. The first-order valence-corrected chi connectivity index (χ1v) is 6.13. The van der Waals surface area contributed by atoms with Crippen LogP contribution in [0.15, 0.2) is 24.3 Å². The van der Waals surface area contributed by atoms with E-state index in [4.69, 9.17) is 0 Å². The minimum Gasteiger partial charge on any atom is -0.389 e. The number of aliphatic hydroxyl groups excluding tert-OH is 1. The van der Waals surface area contributed by atoms with E-state index in [-0.39, 0.29) is 6.10 Å². The van der Waals surface area contributed by atoms with Gasteiger partial charge in [-0.1, -0.05) is 24.3 Å². The third-order valence-corrected chi connectivity index (χ3v) is 3.58. The molecule has 2 heteroatoms. The summed E-state index contributed by atoms with van der Waals surface area (Å²) in [5.74, 6) is 0.676. The van der Waals surface area contributed by atoms with Crippen LogP contribution in [0.4, 0.5) is 0 Å². The second-order valence-corrected chi connectivity index (χ2v) is 4.92. The first kappa shape index (κ1) is 11.6. The lowest BCUT2D eigenvalue weighted by Gasteiger charge is -2.29. The lowest BCUT2D eigenvalue weighted by molar-refractivity contribution is 0.199. The molecule has 88 valence electrons. The Morgan fingerprint density at radius 3 is 2.62 bits per heavy atom. The van der Waals surface area contributed by atoms with E-state index in [1.165, 1.54) is 31.5 Å². The number of nitrogens with zero attached hydrogens (tertiary/aromatic N) is 1. The number of piperidine rings is 1. The highest BCUT2D eigenvalue weighted by Gasteiger charge is 2.18. The van der Waals surface area contributed by atoms with Gasteiger partial charge in [-0.2, -0.15) is 0 Å². The molecule has 2 rings (SSSR count). The van der Waals surface area contributed by atoms with Crippen LogP contribution in [-0.2, 0) is 0 Å². The van der Waals surface area contributed by atoms with Gasteiger partial charge in [0, 0.05) is 0 Å². The summed E-state index contributed by atoms with van der Waals surface area (Å²) in [6.07, 6.45) is 2.12. The highest BCUT2D eigenvalue weighted by atomic mass is 16.3. The van der Waals surface area contributed by atoms with Crippen molar-refractivity contribution in [1.29, 1.82) is 0 Å². The van der Waals surface area contributed by atoms with Crippen molar-refractivity contribution in [3.63, 3.8) is 0 Å². The monoisotopic (exact) mass is 219 g/mol. The zero-order valence-electron chi connectivity index (χ0n) is 10.2. The van der Waals surface area contributed by atoms with Crippen LogP contribution in [0, 0.1) is 0 Å². The number of hydrogen-bond acceptors (Lipinski definition) is 2. The maximum atomic E-state index is 9.58. The van der Waals surface area contributed by atoms with Crippen LogP contribution in [0.3, 0.4) is 0 Å². The van der Waals surface area contributed by atoms with Crippen molar-refractivity contribution < 1.29 is 5.11 Å². The topological polar surface area (TPSA) is 23.5 Å². The molecule has 1 aliphatic rings. The molecule has 0 spiro atoms. The molecule has 0 amide bonds. The van der Waals surface area contributed by atoms with Crippen LogP contribution in [0.25, 0.3) is 0 Å². The Balaban J connectivity index is 2.11. The average Bonchev–Trinajstić information content (AvgIpc) is 2.30. The summed E-state index contributed by atoms with van der Waals surface area (Å²) < 4.78 is 0. The van der Waals surface area contributed by atoms with Gasteiger partial charge < -0.3 is 10.0 Å². The van der Waals surface area contributed by atoms with Gasteiger partial charge in [0.15, 0.2) is 0 Å². The second kappa shape index (κ2) is 4.98. The Hall–Kier alpha value is -0.860. The van der Waals surface area contributed by atoms with Crippen molar-refractivity contribution in [1.82, 2.24) is 4.90 Å². The van der Waals surface area contributed by atoms with Crippen LogP contribution < -0.4 is 0 Å². The zero-order chi connectivity index (χ0) is 11.5. The smallest absolute Gasteiger partial charge is 0.0762 e. The summed E-state index contributed by atoms with van der Waals surface area (Å²) in [5, 5.41) is 9.58. The Morgan fingerprint density at radius 1 is 1.31 bits per heavy atom. The van der Waals surface area contributed by atoms with Crippen LogP contribution in [0.1, 0.15) is 42.9 Å². The quantitative estimate of drug-likeness (QED) is 0.826. The average molecular weight is 219 g/mol. The van der Waals surface area contributed by atoms with E-state index in [0.717, 1.165) is 5.56 Å². The third kappa shape index (κ3) is 2.63.